The molecule has 1 amide bonds. The van der Waals surface area contributed by atoms with Crippen LogP contribution in [-0.4, -0.2) is 23.7 Å². The number of amides is 1. The van der Waals surface area contributed by atoms with Crippen molar-refractivity contribution in [3.63, 3.8) is 0 Å². The number of hydrogen-bond donors (Lipinski definition) is 1. The van der Waals surface area contributed by atoms with E-state index in [2.05, 4.69) is 10.3 Å². The van der Waals surface area contributed by atoms with Crippen LogP contribution in [-0.2, 0) is 6.61 Å². The zero-order valence-electron chi connectivity index (χ0n) is 13.0. The quantitative estimate of drug-likeness (QED) is 0.879. The molecule has 122 valence electrons. The number of rotatable bonds is 6. The largest absolute Gasteiger partial charge is 0.486 e. The summed E-state index contributed by atoms with van der Waals surface area (Å²) in [5.41, 5.74) is 0.430. The van der Waals surface area contributed by atoms with Crippen LogP contribution in [0.5, 0.6) is 17.2 Å². The lowest BCUT2D eigenvalue weighted by atomic mass is 10.2. The molecule has 1 unspecified atom stereocenters. The van der Waals surface area contributed by atoms with Gasteiger partial charge in [-0.25, -0.2) is 4.98 Å². The molecule has 0 saturated heterocycles. The second-order valence-corrected chi connectivity index (χ2v) is 6.16. The Morgan fingerprint density at radius 1 is 1.43 bits per heavy atom. The summed E-state index contributed by atoms with van der Waals surface area (Å²) < 4.78 is 16.3. The van der Waals surface area contributed by atoms with Gasteiger partial charge in [0.1, 0.15) is 23.1 Å². The van der Waals surface area contributed by atoms with E-state index in [1.165, 1.54) is 11.3 Å². The van der Waals surface area contributed by atoms with Crippen molar-refractivity contribution < 1.29 is 19.0 Å². The molecule has 0 saturated carbocycles. The summed E-state index contributed by atoms with van der Waals surface area (Å²) >= 11 is 1.40. The first-order chi connectivity index (χ1) is 11.2. The number of aromatic nitrogens is 1. The molecule has 0 fully saturated rings. The minimum atomic E-state index is -0.148. The average Bonchev–Trinajstić information content (AvgIpc) is 3.21. The normalized spacial score (nSPS) is 13.7. The van der Waals surface area contributed by atoms with Crippen molar-refractivity contribution in [2.45, 2.75) is 32.9 Å². The van der Waals surface area contributed by atoms with Crippen molar-refractivity contribution in [1.29, 1.82) is 0 Å². The molecule has 7 heteroatoms. The van der Waals surface area contributed by atoms with E-state index in [1.807, 2.05) is 26.0 Å². The molecule has 1 aromatic carbocycles. The van der Waals surface area contributed by atoms with Crippen LogP contribution in [0, 0.1) is 0 Å². The monoisotopic (exact) mass is 334 g/mol. The molecule has 0 radical (unpaired) electrons. The summed E-state index contributed by atoms with van der Waals surface area (Å²) in [6.45, 7) is 4.53. The summed E-state index contributed by atoms with van der Waals surface area (Å²) in [6.07, 6.45) is 0.885. The Hall–Kier alpha value is -2.28. The molecule has 0 spiro atoms. The second-order valence-electron chi connectivity index (χ2n) is 5.21. The predicted octanol–water partition coefficient (Wildman–Crippen LogP) is 2.98. The molecule has 0 bridgehead atoms. The van der Waals surface area contributed by atoms with E-state index in [4.69, 9.17) is 14.2 Å². The number of fused-ring (bicyclic) bond motifs is 1. The van der Waals surface area contributed by atoms with Gasteiger partial charge < -0.3 is 19.5 Å². The van der Waals surface area contributed by atoms with Gasteiger partial charge in [0.2, 0.25) is 6.79 Å². The highest BCUT2D eigenvalue weighted by Gasteiger charge is 2.15. The fraction of sp³-hybridized carbons (Fsp3) is 0.375. The standard InChI is InChI=1S/C16H18N2O4S/c1-3-10(2)17-16(19)12-8-23-15(18-12)7-20-11-4-5-13-14(6-11)22-9-21-13/h4-6,8,10H,3,7,9H2,1-2H3,(H,17,19). The molecule has 1 N–H and O–H groups in total. The molecule has 23 heavy (non-hydrogen) atoms. The fourth-order valence-corrected chi connectivity index (χ4v) is 2.68. The first-order valence-electron chi connectivity index (χ1n) is 7.43. The predicted molar refractivity (Wildman–Crippen MR) is 86.2 cm³/mol. The number of hydrogen-bond acceptors (Lipinski definition) is 6. The topological polar surface area (TPSA) is 69.7 Å². The third-order valence-corrected chi connectivity index (χ3v) is 4.30. The van der Waals surface area contributed by atoms with Crippen LogP contribution in [0.4, 0.5) is 0 Å². The van der Waals surface area contributed by atoms with Crippen LogP contribution in [0.25, 0.3) is 0 Å². The smallest absolute Gasteiger partial charge is 0.270 e. The van der Waals surface area contributed by atoms with Crippen molar-refractivity contribution in [1.82, 2.24) is 10.3 Å². The molecule has 2 heterocycles. The maximum Gasteiger partial charge on any atom is 0.270 e. The van der Waals surface area contributed by atoms with Crippen molar-refractivity contribution in [2.75, 3.05) is 6.79 Å². The SMILES string of the molecule is CCC(C)NC(=O)c1csc(COc2ccc3c(c2)OCO3)n1. The third-order valence-electron chi connectivity index (χ3n) is 3.48. The highest BCUT2D eigenvalue weighted by Crippen LogP contribution is 2.35. The van der Waals surface area contributed by atoms with Gasteiger partial charge in [-0.2, -0.15) is 0 Å². The van der Waals surface area contributed by atoms with Crippen LogP contribution >= 0.6 is 11.3 Å². The van der Waals surface area contributed by atoms with E-state index in [1.54, 1.807) is 11.4 Å². The number of nitrogens with one attached hydrogen (secondary N) is 1. The molecular weight excluding hydrogens is 316 g/mol. The number of benzene rings is 1. The lowest BCUT2D eigenvalue weighted by molar-refractivity contribution is 0.0934. The number of carbonyl (C=O) groups is 1. The van der Waals surface area contributed by atoms with E-state index >= 15 is 0 Å². The minimum absolute atomic E-state index is 0.137. The molecule has 1 atom stereocenters. The van der Waals surface area contributed by atoms with Crippen molar-refractivity contribution in [3.8, 4) is 17.2 Å². The zero-order valence-corrected chi connectivity index (χ0v) is 13.8. The Kier molecular flexibility index (Phi) is 4.66. The molecule has 2 aromatic rings. The third kappa shape index (κ3) is 3.73. The number of nitrogens with zero attached hydrogens (tertiary/aromatic N) is 1. The van der Waals surface area contributed by atoms with Gasteiger partial charge in [-0.1, -0.05) is 6.92 Å². The average molecular weight is 334 g/mol. The van der Waals surface area contributed by atoms with Crippen LogP contribution in [0.1, 0.15) is 35.8 Å². The Morgan fingerprint density at radius 2 is 2.26 bits per heavy atom. The maximum absolute atomic E-state index is 12.0. The van der Waals surface area contributed by atoms with E-state index in [9.17, 15) is 4.79 Å². The molecule has 1 aliphatic rings. The van der Waals surface area contributed by atoms with Crippen LogP contribution in [0.15, 0.2) is 23.6 Å². The van der Waals surface area contributed by atoms with Gasteiger partial charge in [0.15, 0.2) is 11.5 Å². The molecule has 6 nitrogen and oxygen atoms in total. The second kappa shape index (κ2) is 6.87. The van der Waals surface area contributed by atoms with Crippen LogP contribution in [0.2, 0.25) is 0 Å². The summed E-state index contributed by atoms with van der Waals surface area (Å²) in [5.74, 6) is 1.92. The Balaban J connectivity index is 1.58. The molecule has 3 rings (SSSR count). The first-order valence-corrected chi connectivity index (χ1v) is 8.31. The summed E-state index contributed by atoms with van der Waals surface area (Å²) in [7, 11) is 0. The van der Waals surface area contributed by atoms with Crippen LogP contribution < -0.4 is 19.5 Å². The minimum Gasteiger partial charge on any atom is -0.486 e. The zero-order chi connectivity index (χ0) is 16.2. The number of carbonyl (C=O) groups excluding carboxylic acids is 1. The lowest BCUT2D eigenvalue weighted by Crippen LogP contribution is -2.32. The summed E-state index contributed by atoms with van der Waals surface area (Å²) in [5, 5.41) is 5.39. The van der Waals surface area contributed by atoms with E-state index in [-0.39, 0.29) is 18.7 Å². The van der Waals surface area contributed by atoms with Gasteiger partial charge in [0.25, 0.3) is 5.91 Å². The Bertz CT molecular complexity index is 701. The van der Waals surface area contributed by atoms with Gasteiger partial charge in [0.05, 0.1) is 0 Å². The lowest BCUT2D eigenvalue weighted by Gasteiger charge is -2.09. The van der Waals surface area contributed by atoms with Gasteiger partial charge in [0, 0.05) is 17.5 Å². The van der Waals surface area contributed by atoms with E-state index < -0.39 is 0 Å². The highest BCUT2D eigenvalue weighted by molar-refractivity contribution is 7.09. The van der Waals surface area contributed by atoms with Gasteiger partial charge in [-0.05, 0) is 25.5 Å². The van der Waals surface area contributed by atoms with E-state index in [0.717, 1.165) is 17.2 Å². The van der Waals surface area contributed by atoms with Crippen molar-refractivity contribution >= 4 is 17.2 Å². The van der Waals surface area contributed by atoms with Gasteiger partial charge in [-0.3, -0.25) is 4.79 Å². The highest BCUT2D eigenvalue weighted by atomic mass is 32.1. The Labute approximate surface area is 138 Å². The maximum atomic E-state index is 12.0. The molecule has 0 aliphatic carbocycles. The van der Waals surface area contributed by atoms with Gasteiger partial charge in [-0.15, -0.1) is 11.3 Å². The van der Waals surface area contributed by atoms with Crippen molar-refractivity contribution in [3.05, 3.63) is 34.3 Å². The first kappa shape index (κ1) is 15.6. The Morgan fingerprint density at radius 3 is 3.09 bits per heavy atom. The summed E-state index contributed by atoms with van der Waals surface area (Å²) in [6, 6.07) is 5.55. The summed E-state index contributed by atoms with van der Waals surface area (Å²) in [4.78, 5) is 16.3. The van der Waals surface area contributed by atoms with Gasteiger partial charge >= 0.3 is 0 Å². The van der Waals surface area contributed by atoms with Crippen LogP contribution in [0.3, 0.4) is 0 Å². The number of thiazole rings is 1. The molecular formula is C16H18N2O4S. The molecule has 1 aliphatic heterocycles. The number of ether oxygens (including phenoxy) is 3. The fourth-order valence-electron chi connectivity index (χ4n) is 1.99. The van der Waals surface area contributed by atoms with E-state index in [0.29, 0.717) is 23.8 Å². The van der Waals surface area contributed by atoms with Crippen molar-refractivity contribution in [2.24, 2.45) is 0 Å². The molecule has 1 aromatic heterocycles.